The third-order valence-electron chi connectivity index (χ3n) is 7.46. The zero-order chi connectivity index (χ0) is 31.5. The Balaban J connectivity index is 0.00000461. The van der Waals surface area contributed by atoms with Gasteiger partial charge in [-0.3, -0.25) is 0 Å². The summed E-state index contributed by atoms with van der Waals surface area (Å²) in [6.07, 6.45) is 8.50. The Labute approximate surface area is 290 Å². The van der Waals surface area contributed by atoms with Crippen LogP contribution in [0.5, 0.6) is 0 Å². The van der Waals surface area contributed by atoms with E-state index in [2.05, 4.69) is 0 Å². The molecule has 0 radical (unpaired) electrons. The van der Waals surface area contributed by atoms with Gasteiger partial charge in [-0.05, 0) is 47.8 Å². The van der Waals surface area contributed by atoms with Gasteiger partial charge in [-0.2, -0.15) is 4.57 Å². The van der Waals surface area contributed by atoms with Crippen LogP contribution in [0.4, 0.5) is 0 Å². The number of nitrogens with zero attached hydrogens (tertiary/aromatic N) is 2. The average Bonchev–Trinajstić information content (AvgIpc) is 3.48. The molecule has 2 aromatic carbocycles. The number of oxazole rings is 1. The zero-order valence-electron chi connectivity index (χ0n) is 25.0. The van der Waals surface area contributed by atoms with Crippen molar-refractivity contribution in [2.75, 3.05) is 18.1 Å². The molecular weight excluding hydrogens is 651 g/mol. The van der Waals surface area contributed by atoms with E-state index in [1.165, 1.54) is 0 Å². The minimum Gasteiger partial charge on any atom is -0.748 e. The molecule has 2 aliphatic rings. The first-order valence-electron chi connectivity index (χ1n) is 14.2. The zero-order valence-corrected chi connectivity index (χ0v) is 29.4. The van der Waals surface area contributed by atoms with Gasteiger partial charge in [0, 0.05) is 48.1 Å². The monoisotopic (exact) mass is 682 g/mol. The molecule has 0 spiro atoms. The van der Waals surface area contributed by atoms with Gasteiger partial charge in [-0.25, -0.2) is 16.8 Å². The van der Waals surface area contributed by atoms with E-state index in [0.717, 1.165) is 22.2 Å². The van der Waals surface area contributed by atoms with Crippen LogP contribution >= 0.6 is 11.6 Å². The number of hydrogen-bond acceptors (Lipinski definition) is 9. The first-order valence-corrected chi connectivity index (χ1v) is 17.8. The van der Waals surface area contributed by atoms with Gasteiger partial charge in [0.15, 0.2) is 12.4 Å². The van der Waals surface area contributed by atoms with Crippen molar-refractivity contribution in [1.82, 2.24) is 4.90 Å². The van der Waals surface area contributed by atoms with Crippen LogP contribution in [0.3, 0.4) is 0 Å². The second-order valence-corrected chi connectivity index (χ2v) is 14.2. The minimum atomic E-state index is -4.39. The number of aromatic nitrogens is 1. The van der Waals surface area contributed by atoms with Gasteiger partial charge in [-0.15, -0.1) is 0 Å². The number of halogens is 1. The van der Waals surface area contributed by atoms with E-state index in [9.17, 15) is 25.9 Å². The molecular formula is C31H32ClN2NaO8S2. The largest absolute Gasteiger partial charge is 1.00 e. The second-order valence-electron chi connectivity index (χ2n) is 10.6. The average molecular weight is 683 g/mol. The Morgan fingerprint density at radius 3 is 2.42 bits per heavy atom. The van der Waals surface area contributed by atoms with E-state index in [1.807, 2.05) is 77.1 Å². The van der Waals surface area contributed by atoms with Crippen molar-refractivity contribution in [3.8, 4) is 11.1 Å². The molecule has 1 fully saturated rings. The first-order chi connectivity index (χ1) is 20.9. The molecule has 1 aliphatic carbocycles. The molecule has 0 bridgehead atoms. The van der Waals surface area contributed by atoms with Gasteiger partial charge in [0.05, 0.1) is 32.4 Å². The molecule has 45 heavy (non-hydrogen) atoms. The predicted molar refractivity (Wildman–Crippen MR) is 165 cm³/mol. The van der Waals surface area contributed by atoms with Crippen molar-refractivity contribution in [1.29, 1.82) is 0 Å². The molecule has 3 aromatic rings. The molecule has 1 aromatic heterocycles. The van der Waals surface area contributed by atoms with E-state index in [-0.39, 0.29) is 61.5 Å². The van der Waals surface area contributed by atoms with Gasteiger partial charge in [0.1, 0.15) is 5.76 Å². The van der Waals surface area contributed by atoms with Crippen LogP contribution in [0, 0.1) is 0 Å². The molecule has 0 amide bonds. The standard InChI is InChI=1S/C31H33ClN2O8S2.Na/c1-2-22(19-31-34(15-7-17-44(38,39)40)27-21-25(32)11-13-29(27)42-31)18-30-33(14-6-16-43(35,36)37)26-20-24(10-12-28(26)41-30)23-8-4-3-5-9-23;/h3-5,8-13,18-20,27H,2,6-7,14-17,21H2,1H3,(H-,35,36,37,38,39,40);/q;+1/p-1. The normalized spacial score (nSPS) is 18.0. The van der Waals surface area contributed by atoms with E-state index >= 15 is 0 Å². The van der Waals surface area contributed by atoms with Gasteiger partial charge < -0.3 is 23.2 Å². The molecule has 0 N–H and O–H groups in total. The van der Waals surface area contributed by atoms with Crippen LogP contribution in [0.25, 0.3) is 28.3 Å². The summed E-state index contributed by atoms with van der Waals surface area (Å²) in [5, 5.41) is 0.634. The van der Waals surface area contributed by atoms with Crippen molar-refractivity contribution >= 4 is 49.0 Å². The van der Waals surface area contributed by atoms with E-state index in [0.29, 0.717) is 41.0 Å². The third-order valence-corrected chi connectivity index (χ3v) is 9.32. The summed E-state index contributed by atoms with van der Waals surface area (Å²) in [6.45, 7) is 2.46. The van der Waals surface area contributed by atoms with Crippen LogP contribution in [0.15, 0.2) is 93.4 Å². The summed E-state index contributed by atoms with van der Waals surface area (Å²) in [7, 11) is -8.76. The number of fused-ring (bicyclic) bond motifs is 2. The fourth-order valence-corrected chi connectivity index (χ4v) is 6.51. The van der Waals surface area contributed by atoms with Crippen molar-refractivity contribution in [2.45, 2.75) is 45.2 Å². The van der Waals surface area contributed by atoms with Gasteiger partial charge in [-0.1, -0.05) is 54.9 Å². The summed E-state index contributed by atoms with van der Waals surface area (Å²) < 4.78 is 82.1. The van der Waals surface area contributed by atoms with Crippen LogP contribution in [-0.2, 0) is 31.5 Å². The first kappa shape index (κ1) is 35.4. The molecule has 5 rings (SSSR count). The van der Waals surface area contributed by atoms with Gasteiger partial charge >= 0.3 is 35.4 Å². The topological polar surface area (TPSA) is 144 Å². The maximum absolute atomic E-state index is 11.4. The molecule has 1 atom stereocenters. The fraction of sp³-hybridized carbons (Fsp3) is 0.323. The van der Waals surface area contributed by atoms with Crippen LogP contribution in [0.2, 0.25) is 0 Å². The summed E-state index contributed by atoms with van der Waals surface area (Å²) in [5.74, 6) is 0.626. The van der Waals surface area contributed by atoms with Crippen LogP contribution in [0.1, 0.15) is 38.5 Å². The van der Waals surface area contributed by atoms with Crippen LogP contribution in [-0.4, -0.2) is 54.9 Å². The Bertz CT molecular complexity index is 1880. The Kier molecular flexibility index (Phi) is 11.8. The number of aryl methyl sites for hydroxylation is 1. The van der Waals surface area contributed by atoms with E-state index < -0.39 is 31.7 Å². The van der Waals surface area contributed by atoms with Crippen LogP contribution < -0.4 is 34.1 Å². The molecule has 14 heteroatoms. The number of benzene rings is 2. The molecule has 1 aliphatic heterocycles. The Morgan fingerprint density at radius 1 is 1.02 bits per heavy atom. The molecule has 10 nitrogen and oxygen atoms in total. The van der Waals surface area contributed by atoms with Gasteiger partial charge in [0.2, 0.25) is 5.58 Å². The van der Waals surface area contributed by atoms with Crippen molar-refractivity contribution in [3.05, 3.63) is 94.9 Å². The maximum atomic E-state index is 11.4. The maximum Gasteiger partial charge on any atom is 1.00 e. The van der Waals surface area contributed by atoms with Crippen molar-refractivity contribution in [2.24, 2.45) is 0 Å². The Hall–Kier alpha value is -2.42. The van der Waals surface area contributed by atoms with E-state index in [1.54, 1.807) is 12.2 Å². The number of allylic oxidation sites excluding steroid dienone is 4. The minimum absolute atomic E-state index is 0. The quantitative estimate of drug-likeness (QED) is 0.159. The molecule has 1 unspecified atom stereocenters. The summed E-state index contributed by atoms with van der Waals surface area (Å²) in [4.78, 5) is 1.91. The summed E-state index contributed by atoms with van der Waals surface area (Å²) >= 11 is 6.30. The van der Waals surface area contributed by atoms with E-state index in [4.69, 9.17) is 20.8 Å². The SMILES string of the molecule is CCC(=Cc1oc2ccc(-c3ccccc3)cc2[n+]1CCCS(=O)(=O)[O-])C=C1OC2=CC=C(Cl)CC2N1CCCS(=O)(=O)[O-].[Na+]. The second kappa shape index (κ2) is 15.0. The summed E-state index contributed by atoms with van der Waals surface area (Å²) in [5.41, 5.74) is 4.12. The third kappa shape index (κ3) is 9.32. The molecule has 2 heterocycles. The van der Waals surface area contributed by atoms with Crippen molar-refractivity contribution in [3.63, 3.8) is 0 Å². The summed E-state index contributed by atoms with van der Waals surface area (Å²) in [6, 6.07) is 15.4. The number of hydrogen-bond donors (Lipinski definition) is 0. The smallest absolute Gasteiger partial charge is 0.748 e. The van der Waals surface area contributed by atoms with Gasteiger partial charge in [0.25, 0.3) is 5.52 Å². The fourth-order valence-electron chi connectivity index (χ4n) is 5.34. The molecule has 0 saturated carbocycles. The number of rotatable bonds is 12. The Morgan fingerprint density at radius 2 is 1.73 bits per heavy atom. The molecule has 234 valence electrons. The molecule has 1 saturated heterocycles. The predicted octanol–water partition coefficient (Wildman–Crippen LogP) is 2.01. The van der Waals surface area contributed by atoms with Crippen molar-refractivity contribution < 1.29 is 69.2 Å². The number of ether oxygens (including phenoxy) is 1.